The minimum atomic E-state index is -0.0682. The summed E-state index contributed by atoms with van der Waals surface area (Å²) in [6.45, 7) is 0.239. The summed E-state index contributed by atoms with van der Waals surface area (Å²) in [6.07, 6.45) is 1.72. The fourth-order valence-corrected chi connectivity index (χ4v) is 1.68. The van der Waals surface area contributed by atoms with E-state index in [1.54, 1.807) is 29.0 Å². The second-order valence-electron chi connectivity index (χ2n) is 3.45. The number of rotatable bonds is 1. The first-order valence-corrected chi connectivity index (χ1v) is 4.92. The Morgan fingerprint density at radius 3 is 2.81 bits per heavy atom. The van der Waals surface area contributed by atoms with Crippen molar-refractivity contribution in [3.05, 3.63) is 52.9 Å². The third-order valence-electron chi connectivity index (χ3n) is 2.46. The Bertz CT molecular complexity index is 589. The van der Waals surface area contributed by atoms with Gasteiger partial charge in [0.2, 0.25) is 6.79 Å². The lowest BCUT2D eigenvalue weighted by Gasteiger charge is -2.05. The first-order valence-electron chi connectivity index (χ1n) is 4.92. The number of ether oxygens (including phenoxy) is 2. The van der Waals surface area contributed by atoms with E-state index in [1.807, 2.05) is 12.1 Å². The van der Waals surface area contributed by atoms with Crippen molar-refractivity contribution < 1.29 is 9.47 Å². The molecule has 0 bridgehead atoms. The van der Waals surface area contributed by atoms with Crippen LogP contribution in [0.2, 0.25) is 0 Å². The zero-order valence-electron chi connectivity index (χ0n) is 8.42. The zero-order valence-corrected chi connectivity index (χ0v) is 8.42. The van der Waals surface area contributed by atoms with Gasteiger partial charge in [0.25, 0.3) is 5.56 Å². The Kier molecular flexibility index (Phi) is 1.93. The van der Waals surface area contributed by atoms with Crippen LogP contribution in [0.3, 0.4) is 0 Å². The molecule has 0 aliphatic carbocycles. The lowest BCUT2D eigenvalue weighted by molar-refractivity contribution is 0.174. The molecule has 2 heterocycles. The molecule has 3 rings (SSSR count). The molecule has 0 fully saturated rings. The molecule has 0 unspecified atom stereocenters. The maximum Gasteiger partial charge on any atom is 0.255 e. The van der Waals surface area contributed by atoms with Gasteiger partial charge in [-0.1, -0.05) is 6.07 Å². The van der Waals surface area contributed by atoms with Gasteiger partial charge in [-0.3, -0.25) is 9.36 Å². The lowest BCUT2D eigenvalue weighted by Crippen LogP contribution is -2.15. The van der Waals surface area contributed by atoms with E-state index < -0.39 is 0 Å². The Morgan fingerprint density at radius 2 is 1.94 bits per heavy atom. The highest BCUT2D eigenvalue weighted by molar-refractivity contribution is 5.50. The van der Waals surface area contributed by atoms with Crippen LogP contribution in [0.5, 0.6) is 11.5 Å². The summed E-state index contributed by atoms with van der Waals surface area (Å²) >= 11 is 0. The number of hydrogen-bond acceptors (Lipinski definition) is 3. The molecule has 80 valence electrons. The lowest BCUT2D eigenvalue weighted by atomic mass is 10.2. The molecule has 16 heavy (non-hydrogen) atoms. The van der Waals surface area contributed by atoms with E-state index in [1.165, 1.54) is 6.07 Å². The van der Waals surface area contributed by atoms with E-state index in [4.69, 9.17) is 9.47 Å². The van der Waals surface area contributed by atoms with Gasteiger partial charge in [0, 0.05) is 18.3 Å². The second kappa shape index (κ2) is 3.41. The van der Waals surface area contributed by atoms with Crippen LogP contribution in [0.15, 0.2) is 47.4 Å². The van der Waals surface area contributed by atoms with E-state index in [0.717, 1.165) is 5.69 Å². The monoisotopic (exact) mass is 215 g/mol. The predicted octanol–water partition coefficient (Wildman–Crippen LogP) is 1.57. The molecule has 0 N–H and O–H groups in total. The van der Waals surface area contributed by atoms with Crippen molar-refractivity contribution in [3.63, 3.8) is 0 Å². The first kappa shape index (κ1) is 9.03. The molecule has 0 spiro atoms. The summed E-state index contributed by atoms with van der Waals surface area (Å²) in [7, 11) is 0. The van der Waals surface area contributed by atoms with Crippen molar-refractivity contribution in [2.75, 3.05) is 6.79 Å². The van der Waals surface area contributed by atoms with E-state index in [0.29, 0.717) is 11.5 Å². The third kappa shape index (κ3) is 1.35. The topological polar surface area (TPSA) is 40.5 Å². The Morgan fingerprint density at radius 1 is 1.06 bits per heavy atom. The number of benzene rings is 1. The molecule has 2 aromatic rings. The Labute approximate surface area is 91.7 Å². The van der Waals surface area contributed by atoms with Crippen LogP contribution in [0.25, 0.3) is 5.69 Å². The van der Waals surface area contributed by atoms with Crippen molar-refractivity contribution in [2.45, 2.75) is 0 Å². The smallest absolute Gasteiger partial charge is 0.255 e. The molecular formula is C12H9NO3. The standard InChI is InChI=1S/C12H9NO3/c14-12-3-1-2-6-13(12)9-4-5-10-11(7-9)16-8-15-10/h1-7H,8H2. The largest absolute Gasteiger partial charge is 0.454 e. The number of fused-ring (bicyclic) bond motifs is 1. The molecule has 1 aromatic carbocycles. The van der Waals surface area contributed by atoms with Crippen molar-refractivity contribution in [2.24, 2.45) is 0 Å². The molecule has 0 amide bonds. The number of hydrogen-bond donors (Lipinski definition) is 0. The number of nitrogens with zero attached hydrogens (tertiary/aromatic N) is 1. The minimum Gasteiger partial charge on any atom is -0.454 e. The van der Waals surface area contributed by atoms with Gasteiger partial charge in [-0.15, -0.1) is 0 Å². The van der Waals surface area contributed by atoms with Crippen molar-refractivity contribution in [1.82, 2.24) is 4.57 Å². The highest BCUT2D eigenvalue weighted by Gasteiger charge is 2.13. The summed E-state index contributed by atoms with van der Waals surface area (Å²) in [5.41, 5.74) is 0.705. The van der Waals surface area contributed by atoms with Gasteiger partial charge in [0.15, 0.2) is 11.5 Å². The third-order valence-corrected chi connectivity index (χ3v) is 2.46. The van der Waals surface area contributed by atoms with E-state index >= 15 is 0 Å². The van der Waals surface area contributed by atoms with E-state index in [2.05, 4.69) is 0 Å². The van der Waals surface area contributed by atoms with Crippen molar-refractivity contribution in [1.29, 1.82) is 0 Å². The molecule has 0 radical (unpaired) electrons. The highest BCUT2D eigenvalue weighted by atomic mass is 16.7. The Balaban J connectivity index is 2.15. The number of aromatic nitrogens is 1. The fraction of sp³-hybridized carbons (Fsp3) is 0.0833. The van der Waals surface area contributed by atoms with Crippen LogP contribution >= 0.6 is 0 Å². The van der Waals surface area contributed by atoms with Gasteiger partial charge in [-0.2, -0.15) is 0 Å². The molecule has 4 nitrogen and oxygen atoms in total. The molecule has 1 aliphatic heterocycles. The predicted molar refractivity (Wildman–Crippen MR) is 58.2 cm³/mol. The quantitative estimate of drug-likeness (QED) is 0.724. The van der Waals surface area contributed by atoms with Gasteiger partial charge in [0.05, 0.1) is 5.69 Å². The van der Waals surface area contributed by atoms with Gasteiger partial charge in [-0.05, 0) is 18.2 Å². The molecule has 4 heteroatoms. The summed E-state index contributed by atoms with van der Waals surface area (Å²) < 4.78 is 12.0. The molecule has 0 saturated heterocycles. The average Bonchev–Trinajstić information content (AvgIpc) is 2.76. The van der Waals surface area contributed by atoms with Gasteiger partial charge in [-0.25, -0.2) is 0 Å². The van der Waals surface area contributed by atoms with Gasteiger partial charge in [0.1, 0.15) is 0 Å². The average molecular weight is 215 g/mol. The van der Waals surface area contributed by atoms with E-state index in [9.17, 15) is 4.79 Å². The minimum absolute atomic E-state index is 0.0682. The van der Waals surface area contributed by atoms with Crippen LogP contribution < -0.4 is 15.0 Å². The first-order chi connectivity index (χ1) is 7.84. The second-order valence-corrected chi connectivity index (χ2v) is 3.45. The molecule has 1 aliphatic rings. The van der Waals surface area contributed by atoms with Crippen LogP contribution in [0.1, 0.15) is 0 Å². The summed E-state index contributed by atoms with van der Waals surface area (Å²) in [5, 5.41) is 0. The van der Waals surface area contributed by atoms with E-state index in [-0.39, 0.29) is 12.4 Å². The van der Waals surface area contributed by atoms with Crippen LogP contribution in [-0.2, 0) is 0 Å². The van der Waals surface area contributed by atoms with Crippen LogP contribution in [-0.4, -0.2) is 11.4 Å². The SMILES string of the molecule is O=c1ccccn1-c1ccc2c(c1)OCO2. The normalized spacial score (nSPS) is 12.8. The van der Waals surface area contributed by atoms with Crippen molar-refractivity contribution in [3.8, 4) is 17.2 Å². The molecular weight excluding hydrogens is 206 g/mol. The summed E-state index contributed by atoms with van der Waals surface area (Å²) in [4.78, 5) is 11.6. The van der Waals surface area contributed by atoms with Crippen LogP contribution in [0, 0.1) is 0 Å². The number of pyridine rings is 1. The molecule has 0 saturated carbocycles. The summed E-state index contributed by atoms with van der Waals surface area (Å²) in [5.74, 6) is 1.39. The highest BCUT2D eigenvalue weighted by Crippen LogP contribution is 2.33. The summed E-state index contributed by atoms with van der Waals surface area (Å²) in [6, 6.07) is 10.5. The van der Waals surface area contributed by atoms with Crippen LogP contribution in [0.4, 0.5) is 0 Å². The van der Waals surface area contributed by atoms with Gasteiger partial charge < -0.3 is 9.47 Å². The van der Waals surface area contributed by atoms with Gasteiger partial charge >= 0.3 is 0 Å². The maximum absolute atomic E-state index is 11.6. The molecule has 0 atom stereocenters. The fourth-order valence-electron chi connectivity index (χ4n) is 1.68. The zero-order chi connectivity index (χ0) is 11.0. The molecule has 1 aromatic heterocycles. The Hall–Kier alpha value is -2.23. The van der Waals surface area contributed by atoms with Crippen molar-refractivity contribution >= 4 is 0 Å². The maximum atomic E-state index is 11.6.